The number of esters is 1. The molecule has 0 aliphatic rings. The van der Waals surface area contributed by atoms with Gasteiger partial charge >= 0.3 is 5.97 Å². The van der Waals surface area contributed by atoms with Crippen LogP contribution in [0.15, 0.2) is 12.1 Å². The van der Waals surface area contributed by atoms with Gasteiger partial charge in [0.25, 0.3) is 0 Å². The second kappa shape index (κ2) is 5.92. The molecule has 1 heterocycles. The van der Waals surface area contributed by atoms with Crippen molar-refractivity contribution in [3.05, 3.63) is 21.9 Å². The fourth-order valence-corrected chi connectivity index (χ4v) is 2.57. The van der Waals surface area contributed by atoms with Gasteiger partial charge in [-0.3, -0.25) is 9.59 Å². The lowest BCUT2D eigenvalue weighted by Crippen LogP contribution is -2.07. The number of carbonyl (C=O) groups excluding carboxylic acids is 2. The molecule has 1 rings (SSSR count). The Morgan fingerprint density at radius 2 is 2.13 bits per heavy atom. The first-order chi connectivity index (χ1) is 7.13. The van der Waals surface area contributed by atoms with E-state index in [4.69, 9.17) is 0 Å². The van der Waals surface area contributed by atoms with E-state index in [0.29, 0.717) is 5.75 Å². The zero-order chi connectivity index (χ0) is 11.3. The summed E-state index contributed by atoms with van der Waals surface area (Å²) in [5.74, 6) is 0.332. The van der Waals surface area contributed by atoms with Gasteiger partial charge in [-0.25, -0.2) is 0 Å². The maximum Gasteiger partial charge on any atom is 0.315 e. The van der Waals surface area contributed by atoms with Gasteiger partial charge in [-0.1, -0.05) is 0 Å². The molecule has 3 nitrogen and oxygen atoms in total. The largest absolute Gasteiger partial charge is 0.468 e. The summed E-state index contributed by atoms with van der Waals surface area (Å²) in [5, 5.41) is 0. The van der Waals surface area contributed by atoms with Gasteiger partial charge in [-0.2, -0.15) is 0 Å². The fourth-order valence-electron chi connectivity index (χ4n) is 0.942. The van der Waals surface area contributed by atoms with Crippen LogP contribution in [0.4, 0.5) is 0 Å². The first kappa shape index (κ1) is 12.3. The number of hydrogen-bond donors (Lipinski definition) is 0. The van der Waals surface area contributed by atoms with Crippen molar-refractivity contribution in [2.75, 3.05) is 18.6 Å². The van der Waals surface area contributed by atoms with Crippen LogP contribution in [-0.4, -0.2) is 30.4 Å². The van der Waals surface area contributed by atoms with Crippen LogP contribution < -0.4 is 0 Å². The van der Waals surface area contributed by atoms with E-state index in [1.165, 1.54) is 30.2 Å². The number of thioether (sulfide) groups is 1. The van der Waals surface area contributed by atoms with E-state index in [-0.39, 0.29) is 17.5 Å². The SMILES string of the molecule is COC(=O)CSCC(=O)c1ccc(C)s1. The van der Waals surface area contributed by atoms with Crippen LogP contribution in [0, 0.1) is 6.92 Å². The highest BCUT2D eigenvalue weighted by molar-refractivity contribution is 8.00. The molecule has 1 aromatic heterocycles. The number of carbonyl (C=O) groups is 2. The number of thiophene rings is 1. The summed E-state index contributed by atoms with van der Waals surface area (Å²) < 4.78 is 4.47. The van der Waals surface area contributed by atoms with Crippen LogP contribution in [0.25, 0.3) is 0 Å². The van der Waals surface area contributed by atoms with Gasteiger partial charge in [0.2, 0.25) is 0 Å². The summed E-state index contributed by atoms with van der Waals surface area (Å²) in [6.45, 7) is 1.96. The van der Waals surface area contributed by atoms with Crippen molar-refractivity contribution in [3.63, 3.8) is 0 Å². The molecule has 1 aromatic rings. The van der Waals surface area contributed by atoms with Gasteiger partial charge in [-0.05, 0) is 19.1 Å². The van der Waals surface area contributed by atoms with Crippen LogP contribution in [0.2, 0.25) is 0 Å². The van der Waals surface area contributed by atoms with E-state index in [9.17, 15) is 9.59 Å². The van der Waals surface area contributed by atoms with Crippen LogP contribution in [-0.2, 0) is 9.53 Å². The lowest BCUT2D eigenvalue weighted by Gasteiger charge is -1.98. The standard InChI is InChI=1S/C10H12O3S2/c1-7-3-4-9(15-7)8(11)5-14-6-10(12)13-2/h3-4H,5-6H2,1-2H3. The number of methoxy groups -OCH3 is 1. The second-order valence-corrected chi connectivity index (χ2v) is 5.18. The smallest absolute Gasteiger partial charge is 0.315 e. The third-order valence-electron chi connectivity index (χ3n) is 1.70. The highest BCUT2D eigenvalue weighted by atomic mass is 32.2. The zero-order valence-corrected chi connectivity index (χ0v) is 10.2. The Labute approximate surface area is 96.8 Å². The lowest BCUT2D eigenvalue weighted by molar-refractivity contribution is -0.137. The van der Waals surface area contributed by atoms with Gasteiger partial charge in [0.05, 0.1) is 23.5 Å². The summed E-state index contributed by atoms with van der Waals surface area (Å²) in [4.78, 5) is 24.2. The van der Waals surface area contributed by atoms with E-state index in [2.05, 4.69) is 4.74 Å². The molecule has 0 bridgehead atoms. The molecule has 0 N–H and O–H groups in total. The van der Waals surface area contributed by atoms with E-state index in [1.54, 1.807) is 0 Å². The van der Waals surface area contributed by atoms with Crippen LogP contribution >= 0.6 is 23.1 Å². The van der Waals surface area contributed by atoms with Gasteiger partial charge in [-0.15, -0.1) is 23.1 Å². The quantitative estimate of drug-likeness (QED) is 0.588. The minimum atomic E-state index is -0.296. The molecule has 0 aromatic carbocycles. The molecular weight excluding hydrogens is 232 g/mol. The van der Waals surface area contributed by atoms with Crippen molar-refractivity contribution < 1.29 is 14.3 Å². The van der Waals surface area contributed by atoms with Gasteiger partial charge < -0.3 is 4.74 Å². The lowest BCUT2D eigenvalue weighted by atomic mass is 10.3. The summed E-state index contributed by atoms with van der Waals surface area (Å²) in [6.07, 6.45) is 0. The van der Waals surface area contributed by atoms with E-state index in [0.717, 1.165) is 9.75 Å². The van der Waals surface area contributed by atoms with E-state index in [1.807, 2.05) is 19.1 Å². The number of ketones is 1. The highest BCUT2D eigenvalue weighted by Crippen LogP contribution is 2.17. The first-order valence-electron chi connectivity index (χ1n) is 4.37. The molecule has 0 amide bonds. The molecule has 0 spiro atoms. The molecule has 0 saturated heterocycles. The summed E-state index contributed by atoms with van der Waals surface area (Å²) in [6, 6.07) is 3.74. The Morgan fingerprint density at radius 1 is 1.40 bits per heavy atom. The van der Waals surface area contributed by atoms with Gasteiger partial charge in [0.1, 0.15) is 0 Å². The molecule has 0 fully saturated rings. The van der Waals surface area contributed by atoms with Gasteiger partial charge in [0, 0.05) is 4.88 Å². The van der Waals surface area contributed by atoms with Crippen LogP contribution in [0.5, 0.6) is 0 Å². The molecule has 15 heavy (non-hydrogen) atoms. The molecule has 0 aliphatic heterocycles. The summed E-state index contributed by atoms with van der Waals surface area (Å²) >= 11 is 2.76. The predicted octanol–water partition coefficient (Wildman–Crippen LogP) is 2.15. The number of Topliss-reactive ketones (excluding diaryl/α,β-unsaturated/α-hetero) is 1. The molecule has 0 aliphatic carbocycles. The van der Waals surface area contributed by atoms with Crippen molar-refractivity contribution in [2.45, 2.75) is 6.92 Å². The summed E-state index contributed by atoms with van der Waals surface area (Å²) in [7, 11) is 1.34. The average Bonchev–Trinajstić information content (AvgIpc) is 2.64. The Bertz CT molecular complexity index is 357. The van der Waals surface area contributed by atoms with Crippen molar-refractivity contribution in [1.82, 2.24) is 0 Å². The Kier molecular flexibility index (Phi) is 4.84. The van der Waals surface area contributed by atoms with Crippen LogP contribution in [0.3, 0.4) is 0 Å². The minimum absolute atomic E-state index is 0.0713. The first-order valence-corrected chi connectivity index (χ1v) is 6.35. The fraction of sp³-hybridized carbons (Fsp3) is 0.400. The average molecular weight is 244 g/mol. The molecule has 0 unspecified atom stereocenters. The number of rotatable bonds is 5. The number of aryl methyl sites for hydroxylation is 1. The summed E-state index contributed by atoms with van der Waals surface area (Å²) in [5.41, 5.74) is 0. The number of hydrogen-bond acceptors (Lipinski definition) is 5. The van der Waals surface area contributed by atoms with Crippen molar-refractivity contribution in [1.29, 1.82) is 0 Å². The third-order valence-corrected chi connectivity index (χ3v) is 3.64. The van der Waals surface area contributed by atoms with Crippen molar-refractivity contribution >= 4 is 34.9 Å². The Morgan fingerprint density at radius 3 is 2.67 bits per heavy atom. The second-order valence-electron chi connectivity index (χ2n) is 2.90. The van der Waals surface area contributed by atoms with Crippen molar-refractivity contribution in [2.24, 2.45) is 0 Å². The third kappa shape index (κ3) is 4.05. The molecule has 0 saturated carbocycles. The minimum Gasteiger partial charge on any atom is -0.468 e. The van der Waals surface area contributed by atoms with Gasteiger partial charge in [0.15, 0.2) is 5.78 Å². The maximum absolute atomic E-state index is 11.6. The number of ether oxygens (including phenoxy) is 1. The van der Waals surface area contributed by atoms with E-state index < -0.39 is 0 Å². The van der Waals surface area contributed by atoms with E-state index >= 15 is 0 Å². The maximum atomic E-state index is 11.6. The molecular formula is C10H12O3S2. The molecule has 0 radical (unpaired) electrons. The zero-order valence-electron chi connectivity index (χ0n) is 8.61. The highest BCUT2D eigenvalue weighted by Gasteiger charge is 2.09. The Balaban J connectivity index is 2.34. The monoisotopic (exact) mass is 244 g/mol. The van der Waals surface area contributed by atoms with Crippen molar-refractivity contribution in [3.8, 4) is 0 Å². The predicted molar refractivity (Wildman–Crippen MR) is 62.7 cm³/mol. The molecule has 5 heteroatoms. The topological polar surface area (TPSA) is 43.4 Å². The van der Waals surface area contributed by atoms with Crippen LogP contribution in [0.1, 0.15) is 14.5 Å². The molecule has 82 valence electrons. The molecule has 0 atom stereocenters. The normalized spacial score (nSPS) is 10.0. The Hall–Kier alpha value is -0.810.